The summed E-state index contributed by atoms with van der Waals surface area (Å²) in [6.45, 7) is 0. The molecule has 2 N–H and O–H groups in total. The first-order valence-corrected chi connectivity index (χ1v) is 7.79. The smallest absolute Gasteiger partial charge is 0.220 e. The van der Waals surface area contributed by atoms with Gasteiger partial charge in [-0.25, -0.2) is 0 Å². The van der Waals surface area contributed by atoms with Gasteiger partial charge in [-0.15, -0.1) is 0 Å². The number of aryl methyl sites for hydroxylation is 1. The van der Waals surface area contributed by atoms with Crippen LogP contribution < -0.4 is 10.1 Å². The maximum atomic E-state index is 12.0. The Morgan fingerprint density at radius 3 is 2.95 bits per heavy atom. The third kappa shape index (κ3) is 5.05. The second-order valence-corrected chi connectivity index (χ2v) is 5.73. The minimum atomic E-state index is -0.395. The third-order valence-corrected chi connectivity index (χ3v) is 4.10. The fourth-order valence-corrected chi connectivity index (χ4v) is 2.82. The van der Waals surface area contributed by atoms with Crippen molar-refractivity contribution in [1.82, 2.24) is 5.32 Å². The van der Waals surface area contributed by atoms with Crippen LogP contribution in [0.5, 0.6) is 5.75 Å². The van der Waals surface area contributed by atoms with Crippen molar-refractivity contribution < 1.29 is 14.6 Å². The second-order valence-electron chi connectivity index (χ2n) is 5.73. The zero-order valence-electron chi connectivity index (χ0n) is 12.7. The largest absolute Gasteiger partial charge is 0.497 e. The summed E-state index contributed by atoms with van der Waals surface area (Å²) in [7, 11) is 1.64. The molecule has 0 radical (unpaired) electrons. The van der Waals surface area contributed by atoms with Gasteiger partial charge >= 0.3 is 0 Å². The number of aliphatic hydroxyl groups is 1. The summed E-state index contributed by atoms with van der Waals surface area (Å²) < 4.78 is 5.18. The molecule has 1 aliphatic carbocycles. The van der Waals surface area contributed by atoms with Gasteiger partial charge in [0.15, 0.2) is 0 Å². The van der Waals surface area contributed by atoms with E-state index in [1.807, 2.05) is 24.3 Å². The maximum absolute atomic E-state index is 12.0. The molecule has 4 heteroatoms. The zero-order chi connectivity index (χ0) is 15.1. The van der Waals surface area contributed by atoms with E-state index in [9.17, 15) is 9.90 Å². The van der Waals surface area contributed by atoms with E-state index in [-0.39, 0.29) is 11.9 Å². The molecule has 116 valence electrons. The first-order chi connectivity index (χ1) is 10.2. The van der Waals surface area contributed by atoms with E-state index < -0.39 is 6.10 Å². The molecule has 1 saturated carbocycles. The Kier molecular flexibility index (Phi) is 6.05. The van der Waals surface area contributed by atoms with E-state index in [0.717, 1.165) is 43.4 Å². The van der Waals surface area contributed by atoms with Gasteiger partial charge in [0, 0.05) is 6.42 Å². The highest BCUT2D eigenvalue weighted by atomic mass is 16.5. The first-order valence-electron chi connectivity index (χ1n) is 7.79. The number of aliphatic hydroxyl groups excluding tert-OH is 1. The van der Waals surface area contributed by atoms with Crippen LogP contribution in [-0.4, -0.2) is 30.3 Å². The summed E-state index contributed by atoms with van der Waals surface area (Å²) >= 11 is 0. The average Bonchev–Trinajstić information content (AvgIpc) is 2.70. The molecule has 1 fully saturated rings. The van der Waals surface area contributed by atoms with E-state index in [4.69, 9.17) is 4.74 Å². The fraction of sp³-hybridized carbons (Fsp3) is 0.588. The van der Waals surface area contributed by atoms with Crippen LogP contribution in [0.3, 0.4) is 0 Å². The Morgan fingerprint density at radius 1 is 1.33 bits per heavy atom. The Hall–Kier alpha value is -1.55. The molecule has 0 bridgehead atoms. The highest BCUT2D eigenvalue weighted by molar-refractivity contribution is 5.76. The van der Waals surface area contributed by atoms with E-state index in [1.54, 1.807) is 7.11 Å². The van der Waals surface area contributed by atoms with Gasteiger partial charge in [-0.2, -0.15) is 0 Å². The van der Waals surface area contributed by atoms with Crippen molar-refractivity contribution in [2.24, 2.45) is 0 Å². The van der Waals surface area contributed by atoms with Gasteiger partial charge in [0.25, 0.3) is 0 Å². The van der Waals surface area contributed by atoms with Gasteiger partial charge in [-0.05, 0) is 37.0 Å². The number of methoxy groups -OCH3 is 1. The fourth-order valence-electron chi connectivity index (χ4n) is 2.82. The Morgan fingerprint density at radius 2 is 2.14 bits per heavy atom. The summed E-state index contributed by atoms with van der Waals surface area (Å²) in [5.74, 6) is 0.830. The molecule has 0 aliphatic heterocycles. The van der Waals surface area contributed by atoms with Crippen molar-refractivity contribution in [2.45, 2.75) is 57.1 Å². The molecule has 0 spiro atoms. The number of benzene rings is 1. The lowest BCUT2D eigenvalue weighted by Gasteiger charge is -2.21. The highest BCUT2D eigenvalue weighted by Gasteiger charge is 2.22. The van der Waals surface area contributed by atoms with Crippen LogP contribution in [0.4, 0.5) is 0 Å². The predicted octanol–water partition coefficient (Wildman–Crippen LogP) is 2.44. The maximum Gasteiger partial charge on any atom is 0.220 e. The average molecular weight is 291 g/mol. The normalized spacial score (nSPS) is 22.4. The first kappa shape index (κ1) is 15.8. The standard InChI is InChI=1S/C17H25NO3/c1-21-14-7-5-6-13(12-14)10-11-17(20)18-15-8-3-2-4-9-16(15)19/h5-7,12,15-16,19H,2-4,8-11H2,1H3,(H,18,20). The van der Waals surface area contributed by atoms with Crippen LogP contribution in [0.1, 0.15) is 44.1 Å². The summed E-state index contributed by atoms with van der Waals surface area (Å²) in [6, 6.07) is 7.70. The van der Waals surface area contributed by atoms with E-state index in [0.29, 0.717) is 12.8 Å². The van der Waals surface area contributed by atoms with Crippen LogP contribution in [0.2, 0.25) is 0 Å². The molecule has 21 heavy (non-hydrogen) atoms. The predicted molar refractivity (Wildman–Crippen MR) is 82.3 cm³/mol. The molecule has 0 saturated heterocycles. The molecular formula is C17H25NO3. The van der Waals surface area contributed by atoms with Crippen molar-refractivity contribution in [3.63, 3.8) is 0 Å². The number of nitrogens with one attached hydrogen (secondary N) is 1. The van der Waals surface area contributed by atoms with E-state index >= 15 is 0 Å². The van der Waals surface area contributed by atoms with Gasteiger partial charge in [0.1, 0.15) is 5.75 Å². The number of carbonyl (C=O) groups excluding carboxylic acids is 1. The zero-order valence-corrected chi connectivity index (χ0v) is 12.7. The molecule has 2 unspecified atom stereocenters. The summed E-state index contributed by atoms with van der Waals surface area (Å²) in [6.07, 6.45) is 5.69. The lowest BCUT2D eigenvalue weighted by Crippen LogP contribution is -2.42. The SMILES string of the molecule is COc1cccc(CCC(=O)NC2CCCCCC2O)c1. The summed E-state index contributed by atoms with van der Waals surface area (Å²) in [5.41, 5.74) is 1.09. The Labute approximate surface area is 126 Å². The molecule has 0 aromatic heterocycles. The lowest BCUT2D eigenvalue weighted by molar-refractivity contribution is -0.122. The van der Waals surface area contributed by atoms with Crippen LogP contribution >= 0.6 is 0 Å². The van der Waals surface area contributed by atoms with Crippen molar-refractivity contribution >= 4 is 5.91 Å². The molecule has 1 aliphatic rings. The van der Waals surface area contributed by atoms with Gasteiger partial charge in [-0.1, -0.05) is 31.4 Å². The number of ether oxygens (including phenoxy) is 1. The van der Waals surface area contributed by atoms with Gasteiger partial charge in [0.05, 0.1) is 19.3 Å². The molecule has 4 nitrogen and oxygen atoms in total. The number of amides is 1. The molecule has 0 heterocycles. The van der Waals surface area contributed by atoms with E-state index in [2.05, 4.69) is 5.32 Å². The second kappa shape index (κ2) is 8.03. The molecule has 1 amide bonds. The highest BCUT2D eigenvalue weighted by Crippen LogP contribution is 2.18. The Bertz CT molecular complexity index is 461. The molecular weight excluding hydrogens is 266 g/mol. The van der Waals surface area contributed by atoms with Gasteiger partial charge < -0.3 is 15.2 Å². The summed E-state index contributed by atoms with van der Waals surface area (Å²) in [5, 5.41) is 13.0. The topological polar surface area (TPSA) is 58.6 Å². The molecule has 1 aromatic rings. The van der Waals surface area contributed by atoms with Crippen LogP contribution in [0, 0.1) is 0 Å². The molecule has 1 aromatic carbocycles. The minimum absolute atomic E-state index is 0.0174. The number of rotatable bonds is 5. The van der Waals surface area contributed by atoms with Crippen LogP contribution in [0.15, 0.2) is 24.3 Å². The van der Waals surface area contributed by atoms with Crippen LogP contribution in [0.25, 0.3) is 0 Å². The van der Waals surface area contributed by atoms with E-state index in [1.165, 1.54) is 0 Å². The van der Waals surface area contributed by atoms with Gasteiger partial charge in [-0.3, -0.25) is 4.79 Å². The minimum Gasteiger partial charge on any atom is -0.497 e. The third-order valence-electron chi connectivity index (χ3n) is 4.10. The van der Waals surface area contributed by atoms with Crippen molar-refractivity contribution in [3.8, 4) is 5.75 Å². The summed E-state index contributed by atoms with van der Waals surface area (Å²) in [4.78, 5) is 12.0. The van der Waals surface area contributed by atoms with Crippen LogP contribution in [-0.2, 0) is 11.2 Å². The number of hydrogen-bond acceptors (Lipinski definition) is 3. The molecule has 2 rings (SSSR count). The lowest BCUT2D eigenvalue weighted by atomic mass is 10.0. The van der Waals surface area contributed by atoms with Crippen molar-refractivity contribution in [2.75, 3.05) is 7.11 Å². The van der Waals surface area contributed by atoms with Gasteiger partial charge in [0.2, 0.25) is 5.91 Å². The Balaban J connectivity index is 1.81. The number of carbonyl (C=O) groups is 1. The molecule has 2 atom stereocenters. The monoisotopic (exact) mass is 291 g/mol. The number of hydrogen-bond donors (Lipinski definition) is 2. The van der Waals surface area contributed by atoms with Crippen molar-refractivity contribution in [3.05, 3.63) is 29.8 Å². The van der Waals surface area contributed by atoms with Crippen molar-refractivity contribution in [1.29, 1.82) is 0 Å². The quantitative estimate of drug-likeness (QED) is 0.819.